The lowest BCUT2D eigenvalue weighted by molar-refractivity contribution is -0.112. The second-order valence-electron chi connectivity index (χ2n) is 9.28. The Balaban J connectivity index is 1.98. The Morgan fingerprint density at radius 3 is 2.52 bits per heavy atom. The predicted octanol–water partition coefficient (Wildman–Crippen LogP) is 6.69. The van der Waals surface area contributed by atoms with Crippen molar-refractivity contribution in [3.05, 3.63) is 63.7 Å². The van der Waals surface area contributed by atoms with Crippen LogP contribution < -0.4 is 10.2 Å². The number of aryl methyl sites for hydroxylation is 1. The average Bonchev–Trinajstić information content (AvgIpc) is 2.67. The Labute approximate surface area is 190 Å². The van der Waals surface area contributed by atoms with Crippen molar-refractivity contribution in [3.63, 3.8) is 0 Å². The number of carbonyl (C=O) groups is 1. The van der Waals surface area contributed by atoms with Gasteiger partial charge in [-0.1, -0.05) is 18.5 Å². The third-order valence-electron chi connectivity index (χ3n) is 5.95. The summed E-state index contributed by atoms with van der Waals surface area (Å²) in [6.07, 6.45) is 2.74. The summed E-state index contributed by atoms with van der Waals surface area (Å²) in [7, 11) is 0. The average molecular weight is 436 g/mol. The van der Waals surface area contributed by atoms with E-state index in [1.807, 2.05) is 6.92 Å². The summed E-state index contributed by atoms with van der Waals surface area (Å²) >= 11 is 5.90. The first-order valence-corrected chi connectivity index (χ1v) is 11.0. The maximum Gasteiger partial charge on any atom is 0.266 e. The molecule has 0 fully saturated rings. The van der Waals surface area contributed by atoms with Crippen molar-refractivity contribution in [2.75, 3.05) is 10.2 Å². The number of amides is 1. The molecule has 0 unspecified atom stereocenters. The van der Waals surface area contributed by atoms with Gasteiger partial charge < -0.3 is 10.2 Å². The van der Waals surface area contributed by atoms with E-state index in [2.05, 4.69) is 63.0 Å². The van der Waals surface area contributed by atoms with E-state index in [4.69, 9.17) is 11.6 Å². The number of anilines is 2. The Kier molecular flexibility index (Phi) is 6.48. The van der Waals surface area contributed by atoms with E-state index in [0.717, 1.165) is 17.5 Å². The maximum absolute atomic E-state index is 12.7. The fourth-order valence-corrected chi connectivity index (χ4v) is 4.91. The van der Waals surface area contributed by atoms with Crippen molar-refractivity contribution in [1.82, 2.24) is 0 Å². The number of hydrogen-bond acceptors (Lipinski definition) is 3. The molecule has 0 radical (unpaired) electrons. The van der Waals surface area contributed by atoms with Crippen LogP contribution in [-0.2, 0) is 4.79 Å². The number of rotatable bonds is 4. The van der Waals surface area contributed by atoms with Crippen LogP contribution in [0.25, 0.3) is 6.08 Å². The van der Waals surface area contributed by atoms with Crippen molar-refractivity contribution in [2.24, 2.45) is 0 Å². The Morgan fingerprint density at radius 1 is 1.29 bits per heavy atom. The number of nitriles is 1. The molecule has 2 aromatic rings. The van der Waals surface area contributed by atoms with Gasteiger partial charge in [-0.2, -0.15) is 5.26 Å². The molecule has 1 aliphatic heterocycles. The lowest BCUT2D eigenvalue weighted by atomic mass is 9.78. The lowest BCUT2D eigenvalue weighted by Crippen LogP contribution is -2.51. The van der Waals surface area contributed by atoms with Gasteiger partial charge in [0.15, 0.2) is 0 Å². The molecule has 4 nitrogen and oxygen atoms in total. The van der Waals surface area contributed by atoms with Gasteiger partial charge in [0.1, 0.15) is 11.6 Å². The highest BCUT2D eigenvalue weighted by Crippen LogP contribution is 2.45. The minimum Gasteiger partial charge on any atom is -0.364 e. The van der Waals surface area contributed by atoms with Gasteiger partial charge in [-0.05, 0) is 106 Å². The first kappa shape index (κ1) is 22.9. The normalized spacial score (nSPS) is 17.8. The summed E-state index contributed by atoms with van der Waals surface area (Å²) in [6.45, 7) is 13.3. The first-order chi connectivity index (χ1) is 14.5. The standard InChI is InChI=1S/C26H30ClN3O/c1-16(2)30-24-11-17(3)19(13-23(24)18(4)14-26(30,5)6)12-20(15-28)25(31)29-22-9-7-21(27)8-10-22/h7-13,16,18H,14H2,1-6H3,(H,29,31)/b20-12-/t18-/m1/s1. The van der Waals surface area contributed by atoms with Crippen molar-refractivity contribution in [2.45, 2.75) is 65.5 Å². The third kappa shape index (κ3) is 4.78. The summed E-state index contributed by atoms with van der Waals surface area (Å²) in [5, 5.41) is 13.0. The molecular formula is C26H30ClN3O. The van der Waals surface area contributed by atoms with Crippen LogP contribution in [0.4, 0.5) is 11.4 Å². The first-order valence-electron chi connectivity index (χ1n) is 10.7. The molecule has 0 bridgehead atoms. The smallest absolute Gasteiger partial charge is 0.266 e. The summed E-state index contributed by atoms with van der Waals surface area (Å²) in [5.74, 6) is -0.0406. The van der Waals surface area contributed by atoms with E-state index in [1.54, 1.807) is 30.3 Å². The molecule has 0 aromatic heterocycles. The van der Waals surface area contributed by atoms with E-state index in [0.29, 0.717) is 22.7 Å². The highest BCUT2D eigenvalue weighted by atomic mass is 35.5. The van der Waals surface area contributed by atoms with Gasteiger partial charge in [-0.3, -0.25) is 4.79 Å². The molecule has 2 aromatic carbocycles. The zero-order valence-electron chi connectivity index (χ0n) is 19.1. The fraction of sp³-hybridized carbons (Fsp3) is 0.385. The lowest BCUT2D eigenvalue weighted by Gasteiger charge is -2.50. The van der Waals surface area contributed by atoms with Gasteiger partial charge in [0.2, 0.25) is 0 Å². The topological polar surface area (TPSA) is 56.1 Å². The summed E-state index contributed by atoms with van der Waals surface area (Å²) in [4.78, 5) is 15.2. The molecule has 31 heavy (non-hydrogen) atoms. The van der Waals surface area contributed by atoms with Crippen LogP contribution >= 0.6 is 11.6 Å². The maximum atomic E-state index is 12.7. The molecule has 0 saturated carbocycles. The second kappa shape index (κ2) is 8.77. The Morgan fingerprint density at radius 2 is 1.94 bits per heavy atom. The van der Waals surface area contributed by atoms with Crippen LogP contribution in [0.5, 0.6) is 0 Å². The highest BCUT2D eigenvalue weighted by molar-refractivity contribution is 6.30. The zero-order valence-corrected chi connectivity index (χ0v) is 19.8. The molecule has 5 heteroatoms. The van der Waals surface area contributed by atoms with Crippen molar-refractivity contribution < 1.29 is 4.79 Å². The second-order valence-corrected chi connectivity index (χ2v) is 9.72. The molecule has 1 atom stereocenters. The molecule has 1 aliphatic rings. The number of carbonyl (C=O) groups excluding carboxylic acids is 1. The van der Waals surface area contributed by atoms with Crippen LogP contribution in [-0.4, -0.2) is 17.5 Å². The zero-order chi connectivity index (χ0) is 22.9. The van der Waals surface area contributed by atoms with E-state index < -0.39 is 5.91 Å². The number of fused-ring (bicyclic) bond motifs is 1. The van der Waals surface area contributed by atoms with Crippen molar-refractivity contribution in [1.29, 1.82) is 5.26 Å². The number of halogens is 1. The van der Waals surface area contributed by atoms with Crippen LogP contribution in [0, 0.1) is 18.3 Å². The fourth-order valence-electron chi connectivity index (χ4n) is 4.78. The Hall–Kier alpha value is -2.77. The van der Waals surface area contributed by atoms with Gasteiger partial charge in [-0.25, -0.2) is 0 Å². The Bertz CT molecular complexity index is 1060. The van der Waals surface area contributed by atoms with Crippen molar-refractivity contribution >= 4 is 35.0 Å². The minimum atomic E-state index is -0.431. The SMILES string of the molecule is Cc1cc2c(cc1/C=C(/C#N)C(=O)Nc1ccc(Cl)cc1)[C@H](C)CC(C)(C)N2C(C)C. The van der Waals surface area contributed by atoms with Gasteiger partial charge >= 0.3 is 0 Å². The molecular weight excluding hydrogens is 406 g/mol. The molecule has 1 N–H and O–H groups in total. The number of nitrogens with zero attached hydrogens (tertiary/aromatic N) is 2. The van der Waals surface area contributed by atoms with Crippen molar-refractivity contribution in [3.8, 4) is 6.07 Å². The molecule has 1 heterocycles. The number of hydrogen-bond donors (Lipinski definition) is 1. The van der Waals surface area contributed by atoms with Gasteiger partial charge in [0.25, 0.3) is 5.91 Å². The third-order valence-corrected chi connectivity index (χ3v) is 6.20. The molecule has 0 saturated heterocycles. The van der Waals surface area contributed by atoms with Crippen LogP contribution in [0.1, 0.15) is 63.6 Å². The van der Waals surface area contributed by atoms with E-state index in [1.165, 1.54) is 11.3 Å². The monoisotopic (exact) mass is 435 g/mol. The van der Waals surface area contributed by atoms with E-state index >= 15 is 0 Å². The van der Waals surface area contributed by atoms with Crippen LogP contribution in [0.3, 0.4) is 0 Å². The minimum absolute atomic E-state index is 0.0701. The summed E-state index contributed by atoms with van der Waals surface area (Å²) < 4.78 is 0. The summed E-state index contributed by atoms with van der Waals surface area (Å²) in [5.41, 5.74) is 5.19. The quantitative estimate of drug-likeness (QED) is 0.429. The van der Waals surface area contributed by atoms with Crippen LogP contribution in [0.15, 0.2) is 42.0 Å². The van der Waals surface area contributed by atoms with Crippen LogP contribution in [0.2, 0.25) is 5.02 Å². The molecule has 1 amide bonds. The molecule has 0 spiro atoms. The van der Waals surface area contributed by atoms with E-state index in [-0.39, 0.29) is 11.1 Å². The molecule has 162 valence electrons. The molecule has 3 rings (SSSR count). The number of benzene rings is 2. The highest BCUT2D eigenvalue weighted by Gasteiger charge is 2.37. The van der Waals surface area contributed by atoms with E-state index in [9.17, 15) is 10.1 Å². The van der Waals surface area contributed by atoms with Gasteiger partial charge in [-0.15, -0.1) is 0 Å². The number of nitrogens with one attached hydrogen (secondary N) is 1. The summed E-state index contributed by atoms with van der Waals surface area (Å²) in [6, 6.07) is 13.6. The molecule has 0 aliphatic carbocycles. The largest absolute Gasteiger partial charge is 0.364 e. The van der Waals surface area contributed by atoms with Gasteiger partial charge in [0, 0.05) is 28.0 Å². The van der Waals surface area contributed by atoms with Gasteiger partial charge in [0.05, 0.1) is 0 Å². The predicted molar refractivity (Wildman–Crippen MR) is 130 cm³/mol.